The normalized spacial score (nSPS) is 12.6. The number of hydrogen-bond donors (Lipinski definition) is 3. The molecule has 1 atom stereocenters. The molecule has 2 aromatic rings. The Balaban J connectivity index is 1.89. The van der Waals surface area contributed by atoms with Crippen LogP contribution in [-0.4, -0.2) is 61.9 Å². The largest absolute Gasteiger partial charge is 0.478 e. The standard InChI is InChI=1S/C27H33N3O7/c1-4-36-24(31)14-16-29-15-13-23(35-3)30-25(28)20-9-11-22(12-10-20)37-27(34)21-7-5-19(6-8-21)17-18(2)26(32)33/h5-12,17,23,29H,4,13-16H2,1-3H3,(H2,28,30)(H,32,33). The maximum absolute atomic E-state index is 12.4. The van der Waals surface area contributed by atoms with E-state index in [1.54, 1.807) is 62.6 Å². The molecule has 1 unspecified atom stereocenters. The molecule has 198 valence electrons. The molecule has 0 aliphatic rings. The van der Waals surface area contributed by atoms with Crippen LogP contribution >= 0.6 is 0 Å². The van der Waals surface area contributed by atoms with Crippen molar-refractivity contribution >= 4 is 29.8 Å². The van der Waals surface area contributed by atoms with Crippen molar-refractivity contribution in [3.8, 4) is 5.75 Å². The van der Waals surface area contributed by atoms with Gasteiger partial charge in [-0.25, -0.2) is 14.6 Å². The van der Waals surface area contributed by atoms with E-state index < -0.39 is 18.2 Å². The molecular weight excluding hydrogens is 478 g/mol. The number of nitrogens with zero attached hydrogens (tertiary/aromatic N) is 1. The Morgan fingerprint density at radius 1 is 1.05 bits per heavy atom. The molecule has 0 aliphatic carbocycles. The molecule has 0 aliphatic heterocycles. The highest BCUT2D eigenvalue weighted by molar-refractivity contribution is 5.98. The Morgan fingerprint density at radius 3 is 2.30 bits per heavy atom. The van der Waals surface area contributed by atoms with E-state index in [0.717, 1.165) is 0 Å². The fourth-order valence-corrected chi connectivity index (χ4v) is 3.13. The molecule has 0 fully saturated rings. The van der Waals surface area contributed by atoms with Crippen molar-refractivity contribution in [2.24, 2.45) is 10.7 Å². The van der Waals surface area contributed by atoms with Gasteiger partial charge in [-0.1, -0.05) is 12.1 Å². The minimum atomic E-state index is -1.00. The number of aliphatic imine (C=N–C) groups is 1. The first-order chi connectivity index (χ1) is 17.7. The molecule has 0 heterocycles. The molecule has 10 nitrogen and oxygen atoms in total. The number of carbonyl (C=O) groups is 3. The van der Waals surface area contributed by atoms with Crippen LogP contribution in [0.3, 0.4) is 0 Å². The van der Waals surface area contributed by atoms with Crippen molar-refractivity contribution in [3.63, 3.8) is 0 Å². The topological polar surface area (TPSA) is 150 Å². The van der Waals surface area contributed by atoms with Gasteiger partial charge in [0.25, 0.3) is 0 Å². The van der Waals surface area contributed by atoms with Gasteiger partial charge in [0.15, 0.2) is 6.23 Å². The van der Waals surface area contributed by atoms with Crippen LogP contribution in [0, 0.1) is 0 Å². The van der Waals surface area contributed by atoms with Gasteiger partial charge in [-0.3, -0.25) is 4.79 Å². The number of methoxy groups -OCH3 is 1. The van der Waals surface area contributed by atoms with Gasteiger partial charge in [0, 0.05) is 31.2 Å². The minimum Gasteiger partial charge on any atom is -0.478 e. The highest BCUT2D eigenvalue weighted by Crippen LogP contribution is 2.16. The molecule has 0 aromatic heterocycles. The van der Waals surface area contributed by atoms with Crippen LogP contribution in [0.2, 0.25) is 0 Å². The first kappa shape index (κ1) is 29.2. The van der Waals surface area contributed by atoms with Crippen LogP contribution in [0.5, 0.6) is 5.75 Å². The number of carboxylic acid groups (broad SMARTS) is 1. The van der Waals surface area contributed by atoms with Crippen LogP contribution in [0.25, 0.3) is 6.08 Å². The summed E-state index contributed by atoms with van der Waals surface area (Å²) in [5.74, 6) is -1.18. The smallest absolute Gasteiger partial charge is 0.343 e. The van der Waals surface area contributed by atoms with Crippen molar-refractivity contribution in [2.45, 2.75) is 32.9 Å². The molecule has 0 spiro atoms. The number of hydrogen-bond acceptors (Lipinski definition) is 8. The van der Waals surface area contributed by atoms with Gasteiger partial charge in [0.05, 0.1) is 18.6 Å². The van der Waals surface area contributed by atoms with E-state index in [9.17, 15) is 14.4 Å². The summed E-state index contributed by atoms with van der Waals surface area (Å²) in [4.78, 5) is 39.1. The van der Waals surface area contributed by atoms with Gasteiger partial charge in [-0.2, -0.15) is 0 Å². The second-order valence-corrected chi connectivity index (χ2v) is 7.97. The number of ether oxygens (including phenoxy) is 3. The molecular formula is C27H33N3O7. The molecule has 0 amide bonds. The summed E-state index contributed by atoms with van der Waals surface area (Å²) in [5.41, 5.74) is 7.95. The van der Waals surface area contributed by atoms with Crippen molar-refractivity contribution in [1.82, 2.24) is 5.32 Å². The van der Waals surface area contributed by atoms with E-state index in [0.29, 0.717) is 55.0 Å². The Labute approximate surface area is 216 Å². The summed E-state index contributed by atoms with van der Waals surface area (Å²) in [5, 5.41) is 12.1. The summed E-state index contributed by atoms with van der Waals surface area (Å²) in [6, 6.07) is 13.0. The SMILES string of the molecule is CCOC(=O)CCNCCC(N=C(N)c1ccc(OC(=O)c2ccc(C=C(C)C(=O)O)cc2)cc1)OC. The number of carboxylic acids is 1. The Morgan fingerprint density at radius 2 is 1.70 bits per heavy atom. The highest BCUT2D eigenvalue weighted by atomic mass is 16.5. The third-order valence-corrected chi connectivity index (χ3v) is 5.16. The van der Waals surface area contributed by atoms with Crippen molar-refractivity contribution in [3.05, 3.63) is 70.8 Å². The third-order valence-electron chi connectivity index (χ3n) is 5.16. The van der Waals surface area contributed by atoms with Crippen molar-refractivity contribution in [1.29, 1.82) is 0 Å². The zero-order chi connectivity index (χ0) is 27.2. The van der Waals surface area contributed by atoms with E-state index in [-0.39, 0.29) is 17.4 Å². The Bertz CT molecular complexity index is 1110. The monoisotopic (exact) mass is 511 g/mol. The average molecular weight is 512 g/mol. The fourth-order valence-electron chi connectivity index (χ4n) is 3.13. The van der Waals surface area contributed by atoms with E-state index >= 15 is 0 Å². The maximum Gasteiger partial charge on any atom is 0.343 e. The second-order valence-electron chi connectivity index (χ2n) is 7.97. The maximum atomic E-state index is 12.4. The molecule has 37 heavy (non-hydrogen) atoms. The van der Waals surface area contributed by atoms with Gasteiger partial charge < -0.3 is 30.4 Å². The van der Waals surface area contributed by atoms with Gasteiger partial charge >= 0.3 is 17.9 Å². The summed E-state index contributed by atoms with van der Waals surface area (Å²) >= 11 is 0. The average Bonchev–Trinajstić information content (AvgIpc) is 2.88. The number of benzene rings is 2. The molecule has 2 aromatic carbocycles. The highest BCUT2D eigenvalue weighted by Gasteiger charge is 2.11. The van der Waals surface area contributed by atoms with E-state index in [4.69, 9.17) is 25.1 Å². The quantitative estimate of drug-likeness (QED) is 0.0868. The number of nitrogens with one attached hydrogen (secondary N) is 1. The fraction of sp³-hybridized carbons (Fsp3) is 0.333. The summed E-state index contributed by atoms with van der Waals surface area (Å²) in [6.07, 6.45) is 1.90. The molecule has 0 bridgehead atoms. The lowest BCUT2D eigenvalue weighted by atomic mass is 10.1. The second kappa shape index (κ2) is 15.2. The lowest BCUT2D eigenvalue weighted by Gasteiger charge is -2.13. The zero-order valence-electron chi connectivity index (χ0n) is 21.2. The van der Waals surface area contributed by atoms with Crippen LogP contribution in [0.1, 0.15) is 48.2 Å². The summed E-state index contributed by atoms with van der Waals surface area (Å²) < 4.78 is 15.7. The number of esters is 2. The van der Waals surface area contributed by atoms with Crippen LogP contribution < -0.4 is 15.8 Å². The Hall–Kier alpha value is -4.02. The van der Waals surface area contributed by atoms with E-state index in [1.807, 2.05) is 0 Å². The predicted octanol–water partition coefficient (Wildman–Crippen LogP) is 3.00. The molecule has 4 N–H and O–H groups in total. The molecule has 0 saturated carbocycles. The van der Waals surface area contributed by atoms with Crippen LogP contribution in [-0.2, 0) is 19.1 Å². The third kappa shape index (κ3) is 10.2. The zero-order valence-corrected chi connectivity index (χ0v) is 21.2. The first-order valence-corrected chi connectivity index (χ1v) is 11.8. The minimum absolute atomic E-state index is 0.192. The number of carbonyl (C=O) groups excluding carboxylic acids is 2. The van der Waals surface area contributed by atoms with Gasteiger partial charge in [-0.15, -0.1) is 0 Å². The Kier molecular flexibility index (Phi) is 12.0. The number of rotatable bonds is 14. The number of nitrogens with two attached hydrogens (primary N) is 1. The number of amidine groups is 1. The van der Waals surface area contributed by atoms with E-state index in [2.05, 4.69) is 10.3 Å². The van der Waals surface area contributed by atoms with Crippen LogP contribution in [0.4, 0.5) is 0 Å². The summed E-state index contributed by atoms with van der Waals surface area (Å²) in [6.45, 7) is 4.71. The van der Waals surface area contributed by atoms with E-state index in [1.165, 1.54) is 13.0 Å². The molecule has 10 heteroatoms. The molecule has 0 radical (unpaired) electrons. The van der Waals surface area contributed by atoms with Gasteiger partial charge in [0.1, 0.15) is 11.6 Å². The van der Waals surface area contributed by atoms with Gasteiger partial charge in [0.2, 0.25) is 0 Å². The predicted molar refractivity (Wildman–Crippen MR) is 139 cm³/mol. The summed E-state index contributed by atoms with van der Waals surface area (Å²) in [7, 11) is 1.54. The van der Waals surface area contributed by atoms with Crippen molar-refractivity contribution in [2.75, 3.05) is 26.8 Å². The molecule has 2 rings (SSSR count). The van der Waals surface area contributed by atoms with Crippen LogP contribution in [0.15, 0.2) is 59.1 Å². The number of aliphatic carboxylic acids is 1. The lowest BCUT2D eigenvalue weighted by Crippen LogP contribution is -2.25. The lowest BCUT2D eigenvalue weighted by molar-refractivity contribution is -0.143. The van der Waals surface area contributed by atoms with Gasteiger partial charge in [-0.05, 0) is 68.4 Å². The van der Waals surface area contributed by atoms with Crippen molar-refractivity contribution < 1.29 is 33.7 Å². The molecule has 0 saturated heterocycles. The first-order valence-electron chi connectivity index (χ1n) is 11.8.